The second-order valence-corrected chi connectivity index (χ2v) is 8.62. The van der Waals surface area contributed by atoms with Gasteiger partial charge in [-0.3, -0.25) is 9.59 Å². The van der Waals surface area contributed by atoms with Gasteiger partial charge in [0.1, 0.15) is 10.6 Å². The summed E-state index contributed by atoms with van der Waals surface area (Å²) in [7, 11) is 0. The number of ketones is 1. The van der Waals surface area contributed by atoms with Crippen molar-refractivity contribution in [1.29, 1.82) is 0 Å². The first-order valence-electron chi connectivity index (χ1n) is 8.00. The number of Topliss-reactive ketones (excluding diaryl/α,β-unsaturated/α-hetero) is 1. The Morgan fingerprint density at radius 3 is 2.89 bits per heavy atom. The number of aryl methyl sites for hydroxylation is 1. The molecule has 1 N–H and O–H groups in total. The van der Waals surface area contributed by atoms with E-state index < -0.39 is 0 Å². The van der Waals surface area contributed by atoms with Gasteiger partial charge in [0.2, 0.25) is 0 Å². The van der Waals surface area contributed by atoms with Gasteiger partial charge in [-0.05, 0) is 42.1 Å². The number of nitrogens with zero attached hydrogens (tertiary/aromatic N) is 1. The standard InChI is InChI=1S/C19H13FN2O2S3/c1-10-7-11(4-5-13(10)20)14(23)9-27-19-21-17(24)16-12(8-26-18(16)22-19)15-3-2-6-25-15/h2-8H,9H2,1H3,(H,21,22,24). The van der Waals surface area contributed by atoms with Crippen LogP contribution in [-0.2, 0) is 0 Å². The predicted octanol–water partition coefficient (Wildman–Crippen LogP) is 5.14. The molecule has 0 saturated heterocycles. The molecule has 4 nitrogen and oxygen atoms in total. The minimum absolute atomic E-state index is 0.114. The molecule has 0 bridgehead atoms. The Kier molecular flexibility index (Phi) is 4.94. The highest BCUT2D eigenvalue weighted by Crippen LogP contribution is 2.34. The first-order valence-corrected chi connectivity index (χ1v) is 10.7. The van der Waals surface area contributed by atoms with E-state index in [0.717, 1.165) is 10.4 Å². The lowest BCUT2D eigenvalue weighted by Gasteiger charge is -2.03. The van der Waals surface area contributed by atoms with Crippen LogP contribution in [0.15, 0.2) is 51.0 Å². The molecule has 0 atom stereocenters. The van der Waals surface area contributed by atoms with Crippen molar-refractivity contribution in [2.24, 2.45) is 0 Å². The van der Waals surface area contributed by atoms with Gasteiger partial charge in [-0.15, -0.1) is 22.7 Å². The number of rotatable bonds is 5. The highest BCUT2D eigenvalue weighted by atomic mass is 32.2. The molecule has 27 heavy (non-hydrogen) atoms. The highest BCUT2D eigenvalue weighted by Gasteiger charge is 2.15. The Morgan fingerprint density at radius 2 is 2.15 bits per heavy atom. The van der Waals surface area contributed by atoms with Gasteiger partial charge < -0.3 is 4.98 Å². The fraction of sp³-hybridized carbons (Fsp3) is 0.105. The maximum atomic E-state index is 13.3. The molecule has 0 saturated carbocycles. The number of aromatic amines is 1. The van der Waals surface area contributed by atoms with Crippen molar-refractivity contribution in [3.63, 3.8) is 0 Å². The van der Waals surface area contributed by atoms with Crippen LogP contribution in [0.1, 0.15) is 15.9 Å². The molecular formula is C19H13FN2O2S3. The van der Waals surface area contributed by atoms with E-state index in [2.05, 4.69) is 9.97 Å². The van der Waals surface area contributed by atoms with Crippen molar-refractivity contribution in [3.05, 3.63) is 68.4 Å². The summed E-state index contributed by atoms with van der Waals surface area (Å²) < 4.78 is 13.3. The molecule has 0 fully saturated rings. The van der Waals surface area contributed by atoms with Crippen LogP contribution in [0.3, 0.4) is 0 Å². The van der Waals surface area contributed by atoms with Crippen LogP contribution in [0, 0.1) is 12.7 Å². The Labute approximate surface area is 166 Å². The van der Waals surface area contributed by atoms with E-state index in [9.17, 15) is 14.0 Å². The van der Waals surface area contributed by atoms with Crippen molar-refractivity contribution >= 4 is 50.4 Å². The number of carbonyl (C=O) groups is 1. The zero-order valence-corrected chi connectivity index (χ0v) is 16.6. The molecule has 4 aromatic rings. The van der Waals surface area contributed by atoms with Crippen LogP contribution in [0.5, 0.6) is 0 Å². The molecule has 0 unspecified atom stereocenters. The third-order valence-electron chi connectivity index (χ3n) is 4.03. The summed E-state index contributed by atoms with van der Waals surface area (Å²) in [5.41, 5.74) is 1.55. The van der Waals surface area contributed by atoms with Crippen molar-refractivity contribution < 1.29 is 9.18 Å². The molecule has 0 radical (unpaired) electrons. The molecule has 1 aromatic carbocycles. The van der Waals surface area contributed by atoms with E-state index in [0.29, 0.717) is 26.5 Å². The Bertz CT molecular complexity index is 1200. The van der Waals surface area contributed by atoms with E-state index in [-0.39, 0.29) is 22.9 Å². The van der Waals surface area contributed by atoms with Crippen molar-refractivity contribution in [2.45, 2.75) is 12.1 Å². The molecule has 4 rings (SSSR count). The summed E-state index contributed by atoms with van der Waals surface area (Å²) in [6.07, 6.45) is 0. The SMILES string of the molecule is Cc1cc(C(=O)CSc2nc3scc(-c4cccs4)c3c(=O)[nH]2)ccc1F. The van der Waals surface area contributed by atoms with Gasteiger partial charge in [0.15, 0.2) is 10.9 Å². The van der Waals surface area contributed by atoms with Gasteiger partial charge in [-0.25, -0.2) is 9.37 Å². The van der Waals surface area contributed by atoms with Gasteiger partial charge in [0, 0.05) is 21.4 Å². The lowest BCUT2D eigenvalue weighted by Crippen LogP contribution is -2.10. The molecular weight excluding hydrogens is 403 g/mol. The Balaban J connectivity index is 1.57. The summed E-state index contributed by atoms with van der Waals surface area (Å²) >= 11 is 4.15. The summed E-state index contributed by atoms with van der Waals surface area (Å²) in [6.45, 7) is 1.62. The second-order valence-electron chi connectivity index (χ2n) is 5.85. The van der Waals surface area contributed by atoms with Crippen LogP contribution in [0.2, 0.25) is 0 Å². The predicted molar refractivity (Wildman–Crippen MR) is 110 cm³/mol. The third-order valence-corrected chi connectivity index (χ3v) is 6.68. The number of fused-ring (bicyclic) bond motifs is 1. The first-order chi connectivity index (χ1) is 13.0. The van der Waals surface area contributed by atoms with Crippen molar-refractivity contribution in [3.8, 4) is 10.4 Å². The van der Waals surface area contributed by atoms with Gasteiger partial charge in [0.25, 0.3) is 5.56 Å². The summed E-state index contributed by atoms with van der Waals surface area (Å²) in [5, 5.41) is 4.87. The number of carbonyl (C=O) groups excluding carboxylic acids is 1. The van der Waals surface area contributed by atoms with E-state index in [1.807, 2.05) is 22.9 Å². The number of hydrogen-bond donors (Lipinski definition) is 1. The minimum Gasteiger partial charge on any atom is -0.301 e. The summed E-state index contributed by atoms with van der Waals surface area (Å²) in [5.74, 6) is -0.367. The molecule has 3 heterocycles. The largest absolute Gasteiger partial charge is 0.301 e. The molecule has 0 amide bonds. The first kappa shape index (κ1) is 18.1. The van der Waals surface area contributed by atoms with Gasteiger partial charge in [-0.2, -0.15) is 0 Å². The molecule has 0 spiro atoms. The van der Waals surface area contributed by atoms with E-state index >= 15 is 0 Å². The van der Waals surface area contributed by atoms with E-state index in [4.69, 9.17) is 0 Å². The lowest BCUT2D eigenvalue weighted by atomic mass is 10.1. The number of aromatic nitrogens is 2. The third kappa shape index (κ3) is 3.60. The Morgan fingerprint density at radius 1 is 1.30 bits per heavy atom. The average molecular weight is 417 g/mol. The molecule has 0 aliphatic heterocycles. The second kappa shape index (κ2) is 7.38. The fourth-order valence-electron chi connectivity index (χ4n) is 2.65. The van der Waals surface area contributed by atoms with E-state index in [1.54, 1.807) is 18.3 Å². The lowest BCUT2D eigenvalue weighted by molar-refractivity contribution is 0.102. The Hall–Kier alpha value is -2.29. The fourth-order valence-corrected chi connectivity index (χ4v) is 5.22. The molecule has 0 aliphatic carbocycles. The number of thioether (sulfide) groups is 1. The molecule has 0 aliphatic rings. The monoisotopic (exact) mass is 416 g/mol. The minimum atomic E-state index is -0.338. The summed E-state index contributed by atoms with van der Waals surface area (Å²) in [6, 6.07) is 8.20. The number of thiophene rings is 2. The highest BCUT2D eigenvalue weighted by molar-refractivity contribution is 7.99. The van der Waals surface area contributed by atoms with Crippen LogP contribution in [0.4, 0.5) is 4.39 Å². The normalized spacial score (nSPS) is 11.2. The van der Waals surface area contributed by atoms with Crippen molar-refractivity contribution in [2.75, 3.05) is 5.75 Å². The number of hydrogen-bond acceptors (Lipinski definition) is 6. The van der Waals surface area contributed by atoms with Gasteiger partial charge in [0.05, 0.1) is 11.1 Å². The topological polar surface area (TPSA) is 62.8 Å². The quantitative estimate of drug-likeness (QED) is 0.278. The summed E-state index contributed by atoms with van der Waals surface area (Å²) in [4.78, 5) is 33.8. The van der Waals surface area contributed by atoms with Gasteiger partial charge >= 0.3 is 0 Å². The number of benzene rings is 1. The van der Waals surface area contributed by atoms with Crippen molar-refractivity contribution in [1.82, 2.24) is 9.97 Å². The van der Waals surface area contributed by atoms with Crippen LogP contribution < -0.4 is 5.56 Å². The maximum Gasteiger partial charge on any atom is 0.260 e. The molecule has 8 heteroatoms. The van der Waals surface area contributed by atoms with Crippen LogP contribution in [0.25, 0.3) is 20.7 Å². The molecule has 3 aromatic heterocycles. The average Bonchev–Trinajstić information content (AvgIpc) is 3.31. The zero-order valence-electron chi connectivity index (χ0n) is 14.1. The van der Waals surface area contributed by atoms with Crippen LogP contribution in [-0.4, -0.2) is 21.5 Å². The van der Waals surface area contributed by atoms with Gasteiger partial charge in [-0.1, -0.05) is 17.8 Å². The van der Waals surface area contributed by atoms with Crippen LogP contribution >= 0.6 is 34.4 Å². The maximum absolute atomic E-state index is 13.3. The number of halogens is 1. The van der Waals surface area contributed by atoms with E-state index in [1.165, 1.54) is 41.3 Å². The smallest absolute Gasteiger partial charge is 0.260 e. The number of nitrogens with one attached hydrogen (secondary N) is 1. The molecule has 136 valence electrons. The number of H-pyrrole nitrogens is 1. The zero-order chi connectivity index (χ0) is 19.0.